The minimum atomic E-state index is 0.415. The van der Waals surface area contributed by atoms with E-state index in [2.05, 4.69) is 50.3 Å². The van der Waals surface area contributed by atoms with Crippen LogP contribution in [0.25, 0.3) is 21.9 Å². The number of fused-ring (bicyclic) bond motifs is 2. The lowest BCUT2D eigenvalue weighted by Gasteiger charge is -2.23. The van der Waals surface area contributed by atoms with E-state index < -0.39 is 0 Å². The van der Waals surface area contributed by atoms with Crippen LogP contribution >= 0.6 is 0 Å². The maximum absolute atomic E-state index is 5.49. The van der Waals surface area contributed by atoms with Gasteiger partial charge in [0, 0.05) is 30.5 Å². The van der Waals surface area contributed by atoms with Gasteiger partial charge in [-0.2, -0.15) is 10.2 Å². The van der Waals surface area contributed by atoms with E-state index in [0.29, 0.717) is 6.04 Å². The van der Waals surface area contributed by atoms with Crippen molar-refractivity contribution < 1.29 is 4.74 Å². The SMILES string of the molecule is Cc1nn(C2CCOCC2)c2ccc(Nc3n[nH]c4cccnc34)cc12. The Morgan fingerprint density at radius 1 is 1.23 bits per heavy atom. The molecule has 0 amide bonds. The van der Waals surface area contributed by atoms with E-state index in [1.54, 1.807) is 6.20 Å². The van der Waals surface area contributed by atoms with Crippen molar-refractivity contribution in [2.24, 2.45) is 0 Å². The van der Waals surface area contributed by atoms with Crippen LogP contribution in [-0.4, -0.2) is 38.2 Å². The third-order valence-corrected chi connectivity index (χ3v) is 5.01. The maximum Gasteiger partial charge on any atom is 0.178 e. The largest absolute Gasteiger partial charge is 0.381 e. The van der Waals surface area contributed by atoms with E-state index in [1.165, 1.54) is 5.52 Å². The molecule has 26 heavy (non-hydrogen) atoms. The van der Waals surface area contributed by atoms with Crippen LogP contribution in [0, 0.1) is 6.92 Å². The molecule has 0 aliphatic carbocycles. The van der Waals surface area contributed by atoms with E-state index in [0.717, 1.165) is 59.7 Å². The predicted molar refractivity (Wildman–Crippen MR) is 101 cm³/mol. The first kappa shape index (κ1) is 15.3. The second-order valence-corrected chi connectivity index (χ2v) is 6.70. The number of pyridine rings is 1. The van der Waals surface area contributed by atoms with Gasteiger partial charge in [0.05, 0.1) is 22.8 Å². The number of aromatic nitrogens is 5. The monoisotopic (exact) mass is 348 g/mol. The Morgan fingerprint density at radius 2 is 2.12 bits per heavy atom. The average Bonchev–Trinajstić information content (AvgIpc) is 3.24. The van der Waals surface area contributed by atoms with Crippen molar-refractivity contribution in [2.75, 3.05) is 18.5 Å². The van der Waals surface area contributed by atoms with Gasteiger partial charge in [-0.15, -0.1) is 0 Å². The Kier molecular flexibility index (Phi) is 3.60. The number of benzene rings is 1. The van der Waals surface area contributed by atoms with Crippen molar-refractivity contribution in [3.63, 3.8) is 0 Å². The van der Waals surface area contributed by atoms with E-state index in [9.17, 15) is 0 Å². The van der Waals surface area contributed by atoms with Crippen LogP contribution in [0.15, 0.2) is 36.5 Å². The number of nitrogens with zero attached hydrogens (tertiary/aromatic N) is 4. The molecule has 5 rings (SSSR count). The van der Waals surface area contributed by atoms with E-state index >= 15 is 0 Å². The fourth-order valence-electron chi connectivity index (χ4n) is 3.66. The van der Waals surface area contributed by atoms with Gasteiger partial charge < -0.3 is 10.1 Å². The number of aryl methyl sites for hydroxylation is 1. The highest BCUT2D eigenvalue weighted by Gasteiger charge is 2.20. The molecule has 7 nitrogen and oxygen atoms in total. The van der Waals surface area contributed by atoms with Crippen LogP contribution in [0.3, 0.4) is 0 Å². The third-order valence-electron chi connectivity index (χ3n) is 5.01. The predicted octanol–water partition coefficient (Wildman–Crippen LogP) is 3.71. The first-order valence-electron chi connectivity index (χ1n) is 8.92. The Hall–Kier alpha value is -2.93. The summed E-state index contributed by atoms with van der Waals surface area (Å²) in [6, 6.07) is 10.6. The quantitative estimate of drug-likeness (QED) is 0.590. The fraction of sp³-hybridized carbons (Fsp3) is 0.316. The Balaban J connectivity index is 1.51. The van der Waals surface area contributed by atoms with Crippen LogP contribution < -0.4 is 5.32 Å². The topological polar surface area (TPSA) is 80.6 Å². The summed E-state index contributed by atoms with van der Waals surface area (Å²) in [6.45, 7) is 3.68. The van der Waals surface area contributed by atoms with Gasteiger partial charge in [0.1, 0.15) is 5.52 Å². The molecule has 0 saturated carbocycles. The van der Waals surface area contributed by atoms with Crippen LogP contribution in [0.4, 0.5) is 11.5 Å². The second kappa shape index (κ2) is 6.10. The number of nitrogens with one attached hydrogen (secondary N) is 2. The van der Waals surface area contributed by atoms with E-state index in [1.807, 2.05) is 12.1 Å². The summed E-state index contributed by atoms with van der Waals surface area (Å²) in [7, 11) is 0. The zero-order valence-electron chi connectivity index (χ0n) is 14.6. The van der Waals surface area contributed by atoms with Crippen LogP contribution in [0.5, 0.6) is 0 Å². The van der Waals surface area contributed by atoms with E-state index in [-0.39, 0.29) is 0 Å². The number of hydrogen-bond acceptors (Lipinski definition) is 5. The zero-order chi connectivity index (χ0) is 17.5. The smallest absolute Gasteiger partial charge is 0.178 e. The van der Waals surface area contributed by atoms with Gasteiger partial charge in [0.15, 0.2) is 5.82 Å². The molecular weight excluding hydrogens is 328 g/mol. The number of H-pyrrole nitrogens is 1. The lowest BCUT2D eigenvalue weighted by atomic mass is 10.1. The van der Waals surface area contributed by atoms with Crippen LogP contribution in [0.1, 0.15) is 24.6 Å². The number of ether oxygens (including phenoxy) is 1. The molecule has 0 spiro atoms. The lowest BCUT2D eigenvalue weighted by Crippen LogP contribution is -2.20. The molecule has 1 fully saturated rings. The zero-order valence-corrected chi connectivity index (χ0v) is 14.6. The lowest BCUT2D eigenvalue weighted by molar-refractivity contribution is 0.0674. The molecule has 4 heterocycles. The van der Waals surface area contributed by atoms with Crippen molar-refractivity contribution in [3.05, 3.63) is 42.2 Å². The van der Waals surface area contributed by atoms with Crippen molar-refractivity contribution in [2.45, 2.75) is 25.8 Å². The van der Waals surface area contributed by atoms with Gasteiger partial charge in [-0.1, -0.05) is 0 Å². The second-order valence-electron chi connectivity index (χ2n) is 6.70. The molecule has 1 aliphatic heterocycles. The minimum Gasteiger partial charge on any atom is -0.381 e. The standard InChI is InChI=1S/C19H20N6O/c1-12-15-11-13(21-19-18-16(22-23-19)3-2-8-20-18)4-5-17(15)25(24-12)14-6-9-26-10-7-14/h2-5,8,11,14H,6-7,9-10H2,1H3,(H2,21,22,23). The highest BCUT2D eigenvalue weighted by Crippen LogP contribution is 2.30. The van der Waals surface area contributed by atoms with Gasteiger partial charge in [0.2, 0.25) is 0 Å². The van der Waals surface area contributed by atoms with Gasteiger partial charge in [0.25, 0.3) is 0 Å². The number of rotatable bonds is 3. The number of anilines is 2. The summed E-state index contributed by atoms with van der Waals surface area (Å²) in [5.74, 6) is 0.731. The summed E-state index contributed by atoms with van der Waals surface area (Å²) in [6.07, 6.45) is 3.80. The first-order valence-corrected chi connectivity index (χ1v) is 8.92. The summed E-state index contributed by atoms with van der Waals surface area (Å²) >= 11 is 0. The van der Waals surface area contributed by atoms with E-state index in [4.69, 9.17) is 9.84 Å². The van der Waals surface area contributed by atoms with Crippen molar-refractivity contribution in [3.8, 4) is 0 Å². The molecule has 1 aliphatic rings. The molecule has 0 bridgehead atoms. The van der Waals surface area contributed by atoms with Gasteiger partial charge in [-0.05, 0) is 50.1 Å². The Bertz CT molecular complexity index is 1080. The average molecular weight is 348 g/mol. The maximum atomic E-state index is 5.49. The number of hydrogen-bond donors (Lipinski definition) is 2. The minimum absolute atomic E-state index is 0.415. The molecule has 0 unspecified atom stereocenters. The number of aromatic amines is 1. The normalized spacial score (nSPS) is 15.7. The van der Waals surface area contributed by atoms with Crippen molar-refractivity contribution in [1.82, 2.24) is 25.0 Å². The summed E-state index contributed by atoms with van der Waals surface area (Å²) in [5.41, 5.74) is 4.94. The van der Waals surface area contributed by atoms with Gasteiger partial charge in [-0.25, -0.2) is 0 Å². The first-order chi connectivity index (χ1) is 12.8. The highest BCUT2D eigenvalue weighted by atomic mass is 16.5. The molecule has 0 atom stereocenters. The molecule has 3 aromatic heterocycles. The Labute approximate surface area is 150 Å². The highest BCUT2D eigenvalue weighted by molar-refractivity contribution is 5.90. The van der Waals surface area contributed by atoms with Crippen LogP contribution in [0.2, 0.25) is 0 Å². The molecular formula is C19H20N6O. The van der Waals surface area contributed by atoms with Crippen LogP contribution in [-0.2, 0) is 4.74 Å². The van der Waals surface area contributed by atoms with Gasteiger partial charge >= 0.3 is 0 Å². The van der Waals surface area contributed by atoms with Gasteiger partial charge in [-0.3, -0.25) is 14.8 Å². The molecule has 0 radical (unpaired) electrons. The Morgan fingerprint density at radius 3 is 3.00 bits per heavy atom. The fourth-order valence-corrected chi connectivity index (χ4v) is 3.66. The summed E-state index contributed by atoms with van der Waals surface area (Å²) in [4.78, 5) is 4.40. The molecule has 132 valence electrons. The molecule has 7 heteroatoms. The molecule has 1 saturated heterocycles. The van der Waals surface area contributed by atoms with Crippen molar-refractivity contribution in [1.29, 1.82) is 0 Å². The summed E-state index contributed by atoms with van der Waals surface area (Å²) in [5, 5.41) is 16.7. The summed E-state index contributed by atoms with van der Waals surface area (Å²) < 4.78 is 7.66. The third kappa shape index (κ3) is 2.52. The molecule has 4 aromatic rings. The molecule has 2 N–H and O–H groups in total. The molecule has 1 aromatic carbocycles. The van der Waals surface area contributed by atoms with Crippen molar-refractivity contribution >= 4 is 33.4 Å².